The maximum Gasteiger partial charge on any atom is 0.359 e. The molecule has 1 aliphatic heterocycles. The fourth-order valence-corrected chi connectivity index (χ4v) is 4.38. The van der Waals surface area contributed by atoms with E-state index in [-0.39, 0.29) is 30.2 Å². The predicted octanol–water partition coefficient (Wildman–Crippen LogP) is 2.28. The highest BCUT2D eigenvalue weighted by Gasteiger charge is 2.32. The molecule has 8 heteroatoms. The number of carbonyl (C=O) groups excluding carboxylic acids is 1. The van der Waals surface area contributed by atoms with Crippen molar-refractivity contribution in [3.63, 3.8) is 0 Å². The normalized spacial score (nSPS) is 15.9. The summed E-state index contributed by atoms with van der Waals surface area (Å²) in [6.45, 7) is 1.97. The number of carbonyl (C=O) groups is 1. The van der Waals surface area contributed by atoms with Crippen LogP contribution in [0.1, 0.15) is 28.7 Å². The molecule has 1 aromatic carbocycles. The Hall–Kier alpha value is -1.67. The topological polar surface area (TPSA) is 78.3 Å². The van der Waals surface area contributed by atoms with Gasteiger partial charge in [-0.3, -0.25) is 0 Å². The Morgan fingerprint density at radius 2 is 2.22 bits per heavy atom. The standard InChI is InChI=1S/C15H15BrN2O4S/c1-2-22-15(19)14-12-6-7-23(20,21)9-13(12)18(17-14)11-5-3-4-10(16)8-11/h3-5,8H,2,6-7,9H2,1H3. The van der Waals surface area contributed by atoms with Gasteiger partial charge in [-0.05, 0) is 31.5 Å². The van der Waals surface area contributed by atoms with Crippen molar-refractivity contribution in [2.24, 2.45) is 0 Å². The highest BCUT2D eigenvalue weighted by atomic mass is 79.9. The Bertz CT molecular complexity index is 874. The van der Waals surface area contributed by atoms with E-state index in [0.717, 1.165) is 4.47 Å². The van der Waals surface area contributed by atoms with E-state index in [1.54, 1.807) is 6.92 Å². The van der Waals surface area contributed by atoms with Crippen molar-refractivity contribution in [2.75, 3.05) is 12.4 Å². The van der Waals surface area contributed by atoms with Crippen molar-refractivity contribution in [2.45, 2.75) is 19.1 Å². The number of hydrogen-bond donors (Lipinski definition) is 0. The van der Waals surface area contributed by atoms with E-state index in [9.17, 15) is 13.2 Å². The molecule has 23 heavy (non-hydrogen) atoms. The Labute approximate surface area is 142 Å². The van der Waals surface area contributed by atoms with Crippen LogP contribution in [-0.4, -0.2) is 36.5 Å². The summed E-state index contributed by atoms with van der Waals surface area (Å²) in [5, 5.41) is 4.34. The van der Waals surface area contributed by atoms with E-state index in [0.29, 0.717) is 16.9 Å². The zero-order valence-electron chi connectivity index (χ0n) is 12.5. The average molecular weight is 399 g/mol. The van der Waals surface area contributed by atoms with Crippen molar-refractivity contribution < 1.29 is 17.9 Å². The number of sulfone groups is 1. The molecule has 0 atom stereocenters. The minimum Gasteiger partial charge on any atom is -0.461 e. The molecule has 1 aromatic heterocycles. The molecule has 0 bridgehead atoms. The second-order valence-corrected chi connectivity index (χ2v) is 8.33. The summed E-state index contributed by atoms with van der Waals surface area (Å²) in [7, 11) is -3.19. The summed E-state index contributed by atoms with van der Waals surface area (Å²) in [5.74, 6) is -0.616. The van der Waals surface area contributed by atoms with Gasteiger partial charge in [0.05, 0.1) is 29.5 Å². The summed E-state index contributed by atoms with van der Waals surface area (Å²) >= 11 is 3.39. The van der Waals surface area contributed by atoms with Crippen LogP contribution in [0.4, 0.5) is 0 Å². The molecule has 3 rings (SSSR count). The number of aromatic nitrogens is 2. The number of fused-ring (bicyclic) bond motifs is 1. The van der Waals surface area contributed by atoms with Crippen LogP contribution in [0.2, 0.25) is 0 Å². The Morgan fingerprint density at radius 1 is 1.43 bits per heavy atom. The Morgan fingerprint density at radius 3 is 2.91 bits per heavy atom. The van der Waals surface area contributed by atoms with Crippen molar-refractivity contribution in [1.82, 2.24) is 9.78 Å². The Kier molecular flexibility index (Phi) is 4.29. The van der Waals surface area contributed by atoms with Gasteiger partial charge in [0.25, 0.3) is 0 Å². The third-order valence-electron chi connectivity index (χ3n) is 3.63. The van der Waals surface area contributed by atoms with Gasteiger partial charge in [0, 0.05) is 10.0 Å². The molecular weight excluding hydrogens is 384 g/mol. The summed E-state index contributed by atoms with van der Waals surface area (Å²) in [4.78, 5) is 12.1. The molecule has 0 aliphatic carbocycles. The fraction of sp³-hybridized carbons (Fsp3) is 0.333. The van der Waals surface area contributed by atoms with Crippen LogP contribution in [0.3, 0.4) is 0 Å². The zero-order valence-corrected chi connectivity index (χ0v) is 14.9. The average Bonchev–Trinajstić information content (AvgIpc) is 2.85. The number of rotatable bonds is 3. The lowest BCUT2D eigenvalue weighted by molar-refractivity contribution is 0.0517. The molecule has 122 valence electrons. The molecule has 0 saturated carbocycles. The summed E-state index contributed by atoms with van der Waals surface area (Å²) < 4.78 is 31.4. The number of ether oxygens (including phenoxy) is 1. The smallest absolute Gasteiger partial charge is 0.359 e. The quantitative estimate of drug-likeness (QED) is 0.741. The Balaban J connectivity index is 2.18. The molecule has 0 amide bonds. The SMILES string of the molecule is CCOC(=O)c1nn(-c2cccc(Br)c2)c2c1CCS(=O)(=O)C2. The molecule has 6 nitrogen and oxygen atoms in total. The largest absolute Gasteiger partial charge is 0.461 e. The van der Waals surface area contributed by atoms with Crippen LogP contribution < -0.4 is 0 Å². The van der Waals surface area contributed by atoms with Gasteiger partial charge < -0.3 is 4.74 Å². The molecule has 2 heterocycles. The van der Waals surface area contributed by atoms with Gasteiger partial charge in [-0.15, -0.1) is 0 Å². The molecule has 0 radical (unpaired) electrons. The summed E-state index contributed by atoms with van der Waals surface area (Å²) in [6.07, 6.45) is 0.278. The lowest BCUT2D eigenvalue weighted by Crippen LogP contribution is -2.21. The maximum atomic E-state index is 12.1. The minimum absolute atomic E-state index is 0.0244. The number of halogens is 1. The van der Waals surface area contributed by atoms with Crippen molar-refractivity contribution in [1.29, 1.82) is 0 Å². The molecule has 0 spiro atoms. The molecular formula is C15H15BrN2O4S. The predicted molar refractivity (Wildman–Crippen MR) is 88.4 cm³/mol. The molecule has 0 saturated heterocycles. The van der Waals surface area contributed by atoms with E-state index in [1.165, 1.54) is 4.68 Å². The van der Waals surface area contributed by atoms with Gasteiger partial charge in [-0.1, -0.05) is 22.0 Å². The van der Waals surface area contributed by atoms with Crippen molar-refractivity contribution in [3.05, 3.63) is 45.7 Å². The second-order valence-electron chi connectivity index (χ2n) is 5.23. The second kappa shape index (κ2) is 6.09. The first-order valence-corrected chi connectivity index (χ1v) is 9.77. The molecule has 0 unspecified atom stereocenters. The minimum atomic E-state index is -3.19. The third-order valence-corrected chi connectivity index (χ3v) is 5.66. The van der Waals surface area contributed by atoms with E-state index >= 15 is 0 Å². The van der Waals surface area contributed by atoms with Crippen LogP contribution >= 0.6 is 15.9 Å². The number of hydrogen-bond acceptors (Lipinski definition) is 5. The van der Waals surface area contributed by atoms with Crippen LogP contribution in [0.25, 0.3) is 5.69 Å². The first-order chi connectivity index (χ1) is 10.9. The summed E-state index contributed by atoms with van der Waals surface area (Å²) in [5.41, 5.74) is 2.11. The van der Waals surface area contributed by atoms with Crippen molar-refractivity contribution >= 4 is 31.7 Å². The summed E-state index contributed by atoms with van der Waals surface area (Å²) in [6, 6.07) is 7.33. The van der Waals surface area contributed by atoms with E-state index < -0.39 is 15.8 Å². The molecule has 1 aliphatic rings. The van der Waals surface area contributed by atoms with Crippen LogP contribution in [0, 0.1) is 0 Å². The first kappa shape index (κ1) is 16.2. The van der Waals surface area contributed by atoms with E-state index in [1.807, 2.05) is 24.3 Å². The molecule has 0 fully saturated rings. The molecule has 0 N–H and O–H groups in total. The highest BCUT2D eigenvalue weighted by molar-refractivity contribution is 9.10. The van der Waals surface area contributed by atoms with Crippen molar-refractivity contribution in [3.8, 4) is 5.69 Å². The van der Waals surface area contributed by atoms with Gasteiger partial charge in [0.1, 0.15) is 0 Å². The molecule has 2 aromatic rings. The van der Waals surface area contributed by atoms with Gasteiger partial charge in [0.15, 0.2) is 15.5 Å². The van der Waals surface area contributed by atoms with E-state index in [2.05, 4.69) is 21.0 Å². The van der Waals surface area contributed by atoms with Crippen LogP contribution in [-0.2, 0) is 26.7 Å². The lowest BCUT2D eigenvalue weighted by Gasteiger charge is -2.15. The zero-order chi connectivity index (χ0) is 16.6. The number of nitrogens with zero attached hydrogens (tertiary/aromatic N) is 2. The van der Waals surface area contributed by atoms with Gasteiger partial charge in [0.2, 0.25) is 0 Å². The number of esters is 1. The maximum absolute atomic E-state index is 12.1. The fourth-order valence-electron chi connectivity index (χ4n) is 2.62. The van der Waals surface area contributed by atoms with Crippen LogP contribution in [0.5, 0.6) is 0 Å². The number of benzene rings is 1. The van der Waals surface area contributed by atoms with Gasteiger partial charge >= 0.3 is 5.97 Å². The lowest BCUT2D eigenvalue weighted by atomic mass is 10.1. The van der Waals surface area contributed by atoms with Crippen LogP contribution in [0.15, 0.2) is 28.7 Å². The third kappa shape index (κ3) is 3.18. The van der Waals surface area contributed by atoms with E-state index in [4.69, 9.17) is 4.74 Å². The van der Waals surface area contributed by atoms with Gasteiger partial charge in [-0.25, -0.2) is 17.9 Å². The highest BCUT2D eigenvalue weighted by Crippen LogP contribution is 2.28. The first-order valence-electron chi connectivity index (χ1n) is 7.15. The monoisotopic (exact) mass is 398 g/mol. The van der Waals surface area contributed by atoms with Gasteiger partial charge in [-0.2, -0.15) is 5.10 Å².